The molecule has 0 N–H and O–H groups in total. The van der Waals surface area contributed by atoms with Crippen molar-refractivity contribution in [2.24, 2.45) is 23.2 Å². The lowest BCUT2D eigenvalue weighted by atomic mass is 9.76. The molecule has 0 aromatic heterocycles. The highest BCUT2D eigenvalue weighted by Crippen LogP contribution is 2.42. The van der Waals surface area contributed by atoms with Crippen LogP contribution in [0.15, 0.2) is 0 Å². The summed E-state index contributed by atoms with van der Waals surface area (Å²) in [5.74, 6) is 2.79. The van der Waals surface area contributed by atoms with Crippen LogP contribution in [0.3, 0.4) is 0 Å². The Bertz CT molecular complexity index is 155. The van der Waals surface area contributed by atoms with Crippen molar-refractivity contribution in [3.05, 3.63) is 0 Å². The maximum Gasteiger partial charge on any atom is -0.0328 e. The van der Waals surface area contributed by atoms with E-state index in [-0.39, 0.29) is 0 Å². The lowest BCUT2D eigenvalue weighted by Crippen LogP contribution is -2.19. The van der Waals surface area contributed by atoms with E-state index in [0.717, 1.165) is 17.8 Å². The van der Waals surface area contributed by atoms with Crippen LogP contribution in [-0.4, -0.2) is 0 Å². The second-order valence-electron chi connectivity index (χ2n) is 6.01. The van der Waals surface area contributed by atoms with Crippen LogP contribution in [0, 0.1) is 23.2 Å². The Morgan fingerprint density at radius 1 is 1.08 bits per heavy atom. The van der Waals surface area contributed by atoms with Gasteiger partial charge in [-0.3, -0.25) is 0 Å². The summed E-state index contributed by atoms with van der Waals surface area (Å²) in [4.78, 5) is 0. The molecule has 78 valence electrons. The van der Waals surface area contributed by atoms with Gasteiger partial charge in [0.1, 0.15) is 0 Å². The zero-order valence-electron chi connectivity index (χ0n) is 10.1. The molecule has 0 bridgehead atoms. The lowest BCUT2D eigenvalue weighted by molar-refractivity contribution is 0.213. The van der Waals surface area contributed by atoms with Gasteiger partial charge in [-0.15, -0.1) is 0 Å². The Kier molecular flexibility index (Phi) is 3.43. The molecule has 0 aromatic rings. The highest BCUT2D eigenvalue weighted by Gasteiger charge is 2.31. The molecule has 1 aliphatic carbocycles. The zero-order chi connectivity index (χ0) is 10.1. The summed E-state index contributed by atoms with van der Waals surface area (Å²) in [6.07, 6.45) is 5.78. The van der Waals surface area contributed by atoms with Gasteiger partial charge in [0.2, 0.25) is 0 Å². The minimum absolute atomic E-state index is 0.587. The van der Waals surface area contributed by atoms with Crippen molar-refractivity contribution in [2.45, 2.75) is 60.3 Å². The van der Waals surface area contributed by atoms with Crippen LogP contribution >= 0.6 is 0 Å². The third-order valence-corrected chi connectivity index (χ3v) is 4.41. The molecule has 13 heavy (non-hydrogen) atoms. The van der Waals surface area contributed by atoms with Crippen molar-refractivity contribution in [3.63, 3.8) is 0 Å². The first kappa shape index (κ1) is 11.1. The summed E-state index contributed by atoms with van der Waals surface area (Å²) in [7, 11) is 0. The topological polar surface area (TPSA) is 0 Å². The summed E-state index contributed by atoms with van der Waals surface area (Å²) in [6.45, 7) is 12.1. The van der Waals surface area contributed by atoms with E-state index in [4.69, 9.17) is 0 Å². The van der Waals surface area contributed by atoms with E-state index in [2.05, 4.69) is 34.6 Å². The summed E-state index contributed by atoms with van der Waals surface area (Å²) < 4.78 is 0. The van der Waals surface area contributed by atoms with E-state index in [1.165, 1.54) is 25.7 Å². The summed E-state index contributed by atoms with van der Waals surface area (Å²) in [5, 5.41) is 0. The molecule has 0 radical (unpaired) electrons. The molecule has 0 nitrogen and oxygen atoms in total. The monoisotopic (exact) mass is 182 g/mol. The molecule has 2 unspecified atom stereocenters. The largest absolute Gasteiger partial charge is 0.0625 e. The van der Waals surface area contributed by atoms with Gasteiger partial charge in [0, 0.05) is 0 Å². The molecular formula is C13H26. The van der Waals surface area contributed by atoms with Gasteiger partial charge in [-0.1, -0.05) is 34.6 Å². The van der Waals surface area contributed by atoms with Gasteiger partial charge in [-0.25, -0.2) is 0 Å². The van der Waals surface area contributed by atoms with Gasteiger partial charge < -0.3 is 0 Å². The number of rotatable bonds is 1. The summed E-state index contributed by atoms with van der Waals surface area (Å²) >= 11 is 0. The van der Waals surface area contributed by atoms with E-state index < -0.39 is 0 Å². The fourth-order valence-electron chi connectivity index (χ4n) is 2.47. The zero-order valence-corrected chi connectivity index (χ0v) is 10.1. The molecule has 2 atom stereocenters. The van der Waals surface area contributed by atoms with E-state index in [1.807, 2.05) is 0 Å². The van der Waals surface area contributed by atoms with Gasteiger partial charge in [0.25, 0.3) is 0 Å². The van der Waals surface area contributed by atoms with Gasteiger partial charge in [0.15, 0.2) is 0 Å². The van der Waals surface area contributed by atoms with Crippen LogP contribution in [0.2, 0.25) is 0 Å². The van der Waals surface area contributed by atoms with Crippen molar-refractivity contribution < 1.29 is 0 Å². The first-order chi connectivity index (χ1) is 5.93. The minimum atomic E-state index is 0.587. The molecule has 1 saturated carbocycles. The minimum Gasteiger partial charge on any atom is -0.0625 e. The van der Waals surface area contributed by atoms with Crippen molar-refractivity contribution in [2.75, 3.05) is 0 Å². The number of hydrogen-bond donors (Lipinski definition) is 0. The first-order valence-electron chi connectivity index (χ1n) is 5.93. The molecule has 0 spiro atoms. The molecule has 1 fully saturated rings. The Labute approximate surface area is 84.1 Å². The first-order valence-corrected chi connectivity index (χ1v) is 5.93. The van der Waals surface area contributed by atoms with Crippen LogP contribution in [0.1, 0.15) is 60.3 Å². The molecule has 1 rings (SSSR count). The summed E-state index contributed by atoms with van der Waals surface area (Å²) in [5.41, 5.74) is 0.587. The molecule has 0 heterocycles. The van der Waals surface area contributed by atoms with Crippen molar-refractivity contribution in [1.82, 2.24) is 0 Å². The van der Waals surface area contributed by atoms with Gasteiger partial charge in [-0.2, -0.15) is 0 Å². The molecule has 0 aromatic carbocycles. The van der Waals surface area contributed by atoms with Crippen LogP contribution in [-0.2, 0) is 0 Å². The Balaban J connectivity index is 2.57. The second kappa shape index (κ2) is 4.02. The van der Waals surface area contributed by atoms with Gasteiger partial charge in [0.05, 0.1) is 0 Å². The standard InChI is InChI=1S/C13H26/c1-10(2)12-7-6-11(3)13(4,5)9-8-12/h10-12H,6-9H2,1-5H3. The van der Waals surface area contributed by atoms with Gasteiger partial charge >= 0.3 is 0 Å². The molecule has 0 heteroatoms. The highest BCUT2D eigenvalue weighted by molar-refractivity contribution is 4.82. The fourth-order valence-corrected chi connectivity index (χ4v) is 2.47. The average molecular weight is 182 g/mol. The molecule has 0 amide bonds. The fraction of sp³-hybridized carbons (Fsp3) is 1.00. The van der Waals surface area contributed by atoms with E-state index >= 15 is 0 Å². The predicted octanol–water partition coefficient (Wildman–Crippen LogP) is 4.49. The molecule has 0 saturated heterocycles. The van der Waals surface area contributed by atoms with E-state index in [1.54, 1.807) is 0 Å². The quantitative estimate of drug-likeness (QED) is 0.524. The maximum absolute atomic E-state index is 2.44. The highest BCUT2D eigenvalue weighted by atomic mass is 14.4. The molecule has 0 aliphatic heterocycles. The van der Waals surface area contributed by atoms with Crippen LogP contribution in [0.25, 0.3) is 0 Å². The van der Waals surface area contributed by atoms with E-state index in [0.29, 0.717) is 5.41 Å². The molecule has 1 aliphatic rings. The Morgan fingerprint density at radius 3 is 2.23 bits per heavy atom. The van der Waals surface area contributed by atoms with Crippen molar-refractivity contribution >= 4 is 0 Å². The summed E-state index contributed by atoms with van der Waals surface area (Å²) in [6, 6.07) is 0. The average Bonchev–Trinajstić information content (AvgIpc) is 2.13. The Morgan fingerprint density at radius 2 is 1.69 bits per heavy atom. The normalized spacial score (nSPS) is 34.6. The van der Waals surface area contributed by atoms with E-state index in [9.17, 15) is 0 Å². The predicted molar refractivity (Wildman–Crippen MR) is 59.7 cm³/mol. The third-order valence-electron chi connectivity index (χ3n) is 4.41. The van der Waals surface area contributed by atoms with Crippen molar-refractivity contribution in [1.29, 1.82) is 0 Å². The maximum atomic E-state index is 2.44. The van der Waals surface area contributed by atoms with Crippen molar-refractivity contribution in [3.8, 4) is 0 Å². The van der Waals surface area contributed by atoms with Gasteiger partial charge in [-0.05, 0) is 48.9 Å². The molecular weight excluding hydrogens is 156 g/mol. The lowest BCUT2D eigenvalue weighted by Gasteiger charge is -2.29. The number of hydrogen-bond acceptors (Lipinski definition) is 0. The smallest absolute Gasteiger partial charge is 0.0328 e. The van der Waals surface area contributed by atoms with Crippen LogP contribution in [0.4, 0.5) is 0 Å². The Hall–Kier alpha value is 0. The second-order valence-corrected chi connectivity index (χ2v) is 6.01. The van der Waals surface area contributed by atoms with Crippen LogP contribution < -0.4 is 0 Å². The van der Waals surface area contributed by atoms with Crippen LogP contribution in [0.5, 0.6) is 0 Å². The SMILES string of the molecule is CC(C)C1CCC(C)C(C)(C)CC1. The third kappa shape index (κ3) is 2.72.